The third kappa shape index (κ3) is 3.69. The number of ether oxygens (including phenoxy) is 4. The zero-order valence-corrected chi connectivity index (χ0v) is 15.2. The van der Waals surface area contributed by atoms with Crippen LogP contribution in [0.5, 0.6) is 23.0 Å². The Morgan fingerprint density at radius 2 is 1.81 bits per heavy atom. The first kappa shape index (κ1) is 17.9. The van der Waals surface area contributed by atoms with Crippen LogP contribution < -0.4 is 24.3 Å². The molecule has 1 aliphatic rings. The van der Waals surface area contributed by atoms with E-state index >= 15 is 0 Å². The molecule has 138 valence electrons. The molecule has 0 saturated heterocycles. The van der Waals surface area contributed by atoms with Gasteiger partial charge in [0.05, 0.1) is 40.4 Å². The molecule has 1 atom stereocenters. The molecule has 26 heavy (non-hydrogen) atoms. The number of methoxy groups -OCH3 is 3. The van der Waals surface area contributed by atoms with Gasteiger partial charge in [-0.05, 0) is 23.8 Å². The van der Waals surface area contributed by atoms with Crippen molar-refractivity contribution >= 4 is 5.91 Å². The summed E-state index contributed by atoms with van der Waals surface area (Å²) in [6.07, 6.45) is 0.967. The number of benzene rings is 2. The largest absolute Gasteiger partial charge is 0.493 e. The van der Waals surface area contributed by atoms with Gasteiger partial charge in [-0.1, -0.05) is 18.2 Å². The van der Waals surface area contributed by atoms with Crippen LogP contribution in [0.2, 0.25) is 0 Å². The van der Waals surface area contributed by atoms with Gasteiger partial charge in [0, 0.05) is 12.0 Å². The lowest BCUT2D eigenvalue weighted by molar-refractivity contribution is -0.121. The van der Waals surface area contributed by atoms with Gasteiger partial charge in [0.15, 0.2) is 11.5 Å². The minimum atomic E-state index is -0.0685. The van der Waals surface area contributed by atoms with Crippen LogP contribution in [0.1, 0.15) is 23.6 Å². The average molecular weight is 357 g/mol. The van der Waals surface area contributed by atoms with Gasteiger partial charge in [0.1, 0.15) is 5.75 Å². The van der Waals surface area contributed by atoms with Crippen molar-refractivity contribution in [2.75, 3.05) is 27.9 Å². The van der Waals surface area contributed by atoms with Gasteiger partial charge in [-0.25, -0.2) is 0 Å². The van der Waals surface area contributed by atoms with E-state index in [2.05, 4.69) is 5.32 Å². The number of carbonyl (C=O) groups is 1. The summed E-state index contributed by atoms with van der Waals surface area (Å²) in [4.78, 5) is 12.6. The first-order valence-corrected chi connectivity index (χ1v) is 8.46. The Hall–Kier alpha value is -2.89. The maximum absolute atomic E-state index is 12.6. The van der Waals surface area contributed by atoms with Gasteiger partial charge in [0.2, 0.25) is 11.7 Å². The Morgan fingerprint density at radius 3 is 2.46 bits per heavy atom. The highest BCUT2D eigenvalue weighted by molar-refractivity contribution is 5.79. The maximum atomic E-state index is 12.6. The number of amides is 1. The van der Waals surface area contributed by atoms with Crippen LogP contribution in [0.25, 0.3) is 0 Å². The molecule has 1 aliphatic heterocycles. The third-order valence-electron chi connectivity index (χ3n) is 4.38. The molecule has 0 saturated carbocycles. The summed E-state index contributed by atoms with van der Waals surface area (Å²) >= 11 is 0. The van der Waals surface area contributed by atoms with Crippen LogP contribution in [0.15, 0.2) is 36.4 Å². The van der Waals surface area contributed by atoms with Crippen LogP contribution in [-0.2, 0) is 11.2 Å². The predicted octanol–water partition coefficient (Wildman–Crippen LogP) is 2.89. The van der Waals surface area contributed by atoms with Crippen LogP contribution >= 0.6 is 0 Å². The molecule has 1 amide bonds. The second-order valence-electron chi connectivity index (χ2n) is 6.01. The van der Waals surface area contributed by atoms with Crippen molar-refractivity contribution < 1.29 is 23.7 Å². The highest BCUT2D eigenvalue weighted by Crippen LogP contribution is 2.38. The molecule has 3 rings (SSSR count). The molecule has 2 aromatic rings. The van der Waals surface area contributed by atoms with Gasteiger partial charge in [-0.2, -0.15) is 0 Å². The predicted molar refractivity (Wildman–Crippen MR) is 97.2 cm³/mol. The first-order valence-electron chi connectivity index (χ1n) is 8.46. The van der Waals surface area contributed by atoms with Crippen LogP contribution in [-0.4, -0.2) is 33.8 Å². The summed E-state index contributed by atoms with van der Waals surface area (Å²) in [5.41, 5.74) is 1.80. The first-order chi connectivity index (χ1) is 12.7. The normalized spacial score (nSPS) is 15.4. The summed E-state index contributed by atoms with van der Waals surface area (Å²) in [6, 6.07) is 11.3. The summed E-state index contributed by atoms with van der Waals surface area (Å²) in [5, 5.41) is 3.10. The third-order valence-corrected chi connectivity index (χ3v) is 4.38. The number of para-hydroxylation sites is 1. The van der Waals surface area contributed by atoms with Gasteiger partial charge in [-0.3, -0.25) is 4.79 Å². The molecule has 1 heterocycles. The fourth-order valence-electron chi connectivity index (χ4n) is 3.16. The lowest BCUT2D eigenvalue weighted by Crippen LogP contribution is -2.33. The van der Waals surface area contributed by atoms with Gasteiger partial charge in [-0.15, -0.1) is 0 Å². The van der Waals surface area contributed by atoms with E-state index < -0.39 is 0 Å². The Morgan fingerprint density at radius 1 is 1.12 bits per heavy atom. The van der Waals surface area contributed by atoms with Crippen molar-refractivity contribution in [3.05, 3.63) is 47.5 Å². The van der Waals surface area contributed by atoms with Gasteiger partial charge >= 0.3 is 0 Å². The molecule has 0 aliphatic carbocycles. The van der Waals surface area contributed by atoms with Crippen molar-refractivity contribution in [2.24, 2.45) is 0 Å². The minimum absolute atomic E-state index is 0.0468. The molecule has 6 nitrogen and oxygen atoms in total. The molecule has 0 aromatic heterocycles. The standard InChI is InChI=1S/C20H23NO5/c1-23-17-10-13(11-18(24-2)20(17)25-3)12-19(22)21-15-8-9-26-16-7-5-4-6-14(15)16/h4-7,10-11,15H,8-9,12H2,1-3H3,(H,21,22). The zero-order chi connectivity index (χ0) is 18.5. The molecule has 0 radical (unpaired) electrons. The average Bonchev–Trinajstić information content (AvgIpc) is 2.67. The van der Waals surface area contributed by atoms with Gasteiger partial charge < -0.3 is 24.3 Å². The number of hydrogen-bond acceptors (Lipinski definition) is 5. The Kier molecular flexibility index (Phi) is 5.51. The summed E-state index contributed by atoms with van der Waals surface area (Å²) in [6.45, 7) is 0.589. The van der Waals surface area contributed by atoms with E-state index in [-0.39, 0.29) is 18.4 Å². The number of carbonyl (C=O) groups excluding carboxylic acids is 1. The van der Waals surface area contributed by atoms with E-state index in [0.717, 1.165) is 23.3 Å². The van der Waals surface area contributed by atoms with E-state index in [9.17, 15) is 4.79 Å². The topological polar surface area (TPSA) is 66.0 Å². The second-order valence-corrected chi connectivity index (χ2v) is 6.01. The van der Waals surface area contributed by atoms with Crippen LogP contribution in [0.4, 0.5) is 0 Å². The molecular weight excluding hydrogens is 334 g/mol. The molecule has 0 bridgehead atoms. The molecule has 1 unspecified atom stereocenters. The molecular formula is C20H23NO5. The molecule has 2 aromatic carbocycles. The summed E-state index contributed by atoms with van der Waals surface area (Å²) in [5.74, 6) is 2.34. The highest BCUT2D eigenvalue weighted by Gasteiger charge is 2.23. The van der Waals surface area contributed by atoms with E-state index in [4.69, 9.17) is 18.9 Å². The SMILES string of the molecule is COc1cc(CC(=O)NC2CCOc3ccccc32)cc(OC)c1OC. The zero-order valence-electron chi connectivity index (χ0n) is 15.2. The number of nitrogens with one attached hydrogen (secondary N) is 1. The molecule has 1 N–H and O–H groups in total. The summed E-state index contributed by atoms with van der Waals surface area (Å²) < 4.78 is 21.6. The van der Waals surface area contributed by atoms with Crippen molar-refractivity contribution in [1.29, 1.82) is 0 Å². The molecule has 0 spiro atoms. The van der Waals surface area contributed by atoms with E-state index in [1.54, 1.807) is 33.5 Å². The van der Waals surface area contributed by atoms with E-state index in [1.165, 1.54) is 0 Å². The monoisotopic (exact) mass is 357 g/mol. The Bertz CT molecular complexity index is 765. The van der Waals surface area contributed by atoms with E-state index in [0.29, 0.717) is 23.9 Å². The fourth-order valence-corrected chi connectivity index (χ4v) is 3.16. The fraction of sp³-hybridized carbons (Fsp3) is 0.350. The number of rotatable bonds is 6. The van der Waals surface area contributed by atoms with Crippen LogP contribution in [0.3, 0.4) is 0 Å². The quantitative estimate of drug-likeness (QED) is 0.861. The Labute approximate surface area is 153 Å². The van der Waals surface area contributed by atoms with E-state index in [1.807, 2.05) is 24.3 Å². The smallest absolute Gasteiger partial charge is 0.224 e. The van der Waals surface area contributed by atoms with Crippen molar-refractivity contribution in [3.63, 3.8) is 0 Å². The van der Waals surface area contributed by atoms with Gasteiger partial charge in [0.25, 0.3) is 0 Å². The maximum Gasteiger partial charge on any atom is 0.224 e. The number of hydrogen-bond donors (Lipinski definition) is 1. The molecule has 0 fully saturated rings. The number of fused-ring (bicyclic) bond motifs is 1. The Balaban J connectivity index is 1.75. The summed E-state index contributed by atoms with van der Waals surface area (Å²) in [7, 11) is 4.66. The highest BCUT2D eigenvalue weighted by atomic mass is 16.5. The van der Waals surface area contributed by atoms with Crippen LogP contribution in [0, 0.1) is 0 Å². The lowest BCUT2D eigenvalue weighted by atomic mass is 10.00. The van der Waals surface area contributed by atoms with Crippen molar-refractivity contribution in [2.45, 2.75) is 18.9 Å². The van der Waals surface area contributed by atoms with Crippen molar-refractivity contribution in [1.82, 2.24) is 5.32 Å². The lowest BCUT2D eigenvalue weighted by Gasteiger charge is -2.26. The second kappa shape index (κ2) is 7.99. The molecule has 6 heteroatoms. The van der Waals surface area contributed by atoms with Crippen molar-refractivity contribution in [3.8, 4) is 23.0 Å². The minimum Gasteiger partial charge on any atom is -0.493 e.